The van der Waals surface area contributed by atoms with Crippen LogP contribution in [0.5, 0.6) is 0 Å². The van der Waals surface area contributed by atoms with Gasteiger partial charge in [0.15, 0.2) is 5.82 Å². The van der Waals surface area contributed by atoms with Gasteiger partial charge in [0.1, 0.15) is 0 Å². The first-order valence-electron chi connectivity index (χ1n) is 6.26. The van der Waals surface area contributed by atoms with Crippen molar-refractivity contribution < 1.29 is 8.42 Å². The number of para-hydroxylation sites is 1. The molecular formula is C13H18N4O2S. The number of aromatic nitrogens is 2. The van der Waals surface area contributed by atoms with E-state index >= 15 is 0 Å². The first-order valence-corrected chi connectivity index (χ1v) is 7.92. The number of nitrogens with zero attached hydrogens (tertiary/aromatic N) is 1. The Bertz CT molecular complexity index is 692. The monoisotopic (exact) mass is 294 g/mol. The summed E-state index contributed by atoms with van der Waals surface area (Å²) in [6.07, 6.45) is 0. The van der Waals surface area contributed by atoms with Crippen molar-refractivity contribution in [1.82, 2.24) is 10.2 Å². The minimum absolute atomic E-state index is 0.177. The highest BCUT2D eigenvalue weighted by Crippen LogP contribution is 2.18. The number of nitrogen functional groups attached to an aromatic ring is 1. The molecule has 6 nitrogen and oxygen atoms in total. The van der Waals surface area contributed by atoms with E-state index in [0.29, 0.717) is 17.1 Å². The maximum atomic E-state index is 12.1. The largest absolute Gasteiger partial charge is 0.398 e. The highest BCUT2D eigenvalue weighted by Gasteiger charge is 2.15. The molecule has 0 saturated heterocycles. The first kappa shape index (κ1) is 14.4. The number of benzene rings is 1. The third kappa shape index (κ3) is 3.51. The van der Waals surface area contributed by atoms with E-state index in [1.807, 2.05) is 13.8 Å². The lowest BCUT2D eigenvalue weighted by Crippen LogP contribution is -2.16. The van der Waals surface area contributed by atoms with Crippen LogP contribution < -0.4 is 10.5 Å². The molecular weight excluding hydrogens is 276 g/mol. The van der Waals surface area contributed by atoms with Crippen molar-refractivity contribution >= 4 is 21.5 Å². The zero-order chi connectivity index (χ0) is 14.8. The van der Waals surface area contributed by atoms with Gasteiger partial charge in [-0.05, 0) is 17.5 Å². The van der Waals surface area contributed by atoms with E-state index in [1.54, 1.807) is 30.3 Å². The van der Waals surface area contributed by atoms with Crippen LogP contribution in [0, 0.1) is 0 Å². The zero-order valence-electron chi connectivity index (χ0n) is 11.4. The highest BCUT2D eigenvalue weighted by atomic mass is 32.2. The fraction of sp³-hybridized carbons (Fsp3) is 0.308. The van der Waals surface area contributed by atoms with E-state index in [2.05, 4.69) is 14.9 Å². The fourth-order valence-corrected chi connectivity index (χ4v) is 2.92. The van der Waals surface area contributed by atoms with Gasteiger partial charge in [-0.1, -0.05) is 32.0 Å². The molecule has 1 aromatic carbocycles. The molecule has 0 aliphatic rings. The molecule has 0 aliphatic carbocycles. The number of H-pyrrole nitrogens is 1. The first-order chi connectivity index (χ1) is 9.37. The normalized spacial score (nSPS) is 11.8. The predicted molar refractivity (Wildman–Crippen MR) is 79.8 cm³/mol. The average Bonchev–Trinajstić information content (AvgIpc) is 2.79. The van der Waals surface area contributed by atoms with Gasteiger partial charge >= 0.3 is 0 Å². The summed E-state index contributed by atoms with van der Waals surface area (Å²) in [4.78, 5) is 0. The van der Waals surface area contributed by atoms with Crippen LogP contribution in [0.25, 0.3) is 0 Å². The molecule has 0 amide bonds. The number of anilines is 2. The zero-order valence-corrected chi connectivity index (χ0v) is 12.2. The van der Waals surface area contributed by atoms with Gasteiger partial charge < -0.3 is 5.73 Å². The third-order valence-corrected chi connectivity index (χ3v) is 4.09. The van der Waals surface area contributed by atoms with Crippen molar-refractivity contribution in [3.8, 4) is 0 Å². The van der Waals surface area contributed by atoms with E-state index in [1.165, 1.54) is 0 Å². The summed E-state index contributed by atoms with van der Waals surface area (Å²) in [5, 5.41) is 6.74. The van der Waals surface area contributed by atoms with Gasteiger partial charge in [0.25, 0.3) is 0 Å². The minimum atomic E-state index is -3.54. The number of hydrogen-bond donors (Lipinski definition) is 3. The Morgan fingerprint density at radius 1 is 1.35 bits per heavy atom. The second kappa shape index (κ2) is 5.54. The van der Waals surface area contributed by atoms with Gasteiger partial charge in [0.2, 0.25) is 10.0 Å². The van der Waals surface area contributed by atoms with Crippen LogP contribution >= 0.6 is 0 Å². The van der Waals surface area contributed by atoms with E-state index < -0.39 is 10.0 Å². The molecule has 0 radical (unpaired) electrons. The number of sulfonamides is 1. The van der Waals surface area contributed by atoms with Gasteiger partial charge in [-0.2, -0.15) is 5.10 Å². The highest BCUT2D eigenvalue weighted by molar-refractivity contribution is 7.91. The number of nitrogens with one attached hydrogen (secondary N) is 2. The quantitative estimate of drug-likeness (QED) is 0.735. The summed E-state index contributed by atoms with van der Waals surface area (Å²) in [5.41, 5.74) is 7.66. The second-order valence-corrected chi connectivity index (χ2v) is 6.65. The molecule has 0 bridgehead atoms. The Kier molecular flexibility index (Phi) is 3.99. The maximum Gasteiger partial charge on any atom is 0.238 e. The van der Waals surface area contributed by atoms with Crippen molar-refractivity contribution in [1.29, 1.82) is 0 Å². The predicted octanol–water partition coefficient (Wildman–Crippen LogP) is 2.06. The van der Waals surface area contributed by atoms with Crippen molar-refractivity contribution in [2.45, 2.75) is 25.5 Å². The minimum Gasteiger partial charge on any atom is -0.398 e. The fourth-order valence-electron chi connectivity index (χ4n) is 1.75. The van der Waals surface area contributed by atoms with Crippen LogP contribution in [0.2, 0.25) is 0 Å². The Morgan fingerprint density at radius 2 is 2.05 bits per heavy atom. The van der Waals surface area contributed by atoms with E-state index in [9.17, 15) is 8.42 Å². The number of aromatic amines is 1. The molecule has 0 saturated carbocycles. The van der Waals surface area contributed by atoms with Crippen LogP contribution in [-0.2, 0) is 15.8 Å². The van der Waals surface area contributed by atoms with Gasteiger partial charge in [-0.25, -0.2) is 8.42 Å². The molecule has 1 aromatic heterocycles. The number of nitrogens with two attached hydrogens (primary N) is 1. The van der Waals surface area contributed by atoms with Crippen LogP contribution in [-0.4, -0.2) is 18.6 Å². The van der Waals surface area contributed by atoms with Gasteiger partial charge in [0.05, 0.1) is 5.75 Å². The Labute approximate surface area is 118 Å². The molecule has 7 heteroatoms. The SMILES string of the molecule is CC(C)c1cc(NS(=O)(=O)Cc2ccccc2N)n[nH]1. The van der Waals surface area contributed by atoms with Gasteiger partial charge in [-0.15, -0.1) is 0 Å². The summed E-state index contributed by atoms with van der Waals surface area (Å²) >= 11 is 0. The molecule has 0 atom stereocenters. The van der Waals surface area contributed by atoms with E-state index in [0.717, 1.165) is 5.69 Å². The second-order valence-electron chi connectivity index (χ2n) is 4.92. The Balaban J connectivity index is 2.13. The van der Waals surface area contributed by atoms with E-state index in [-0.39, 0.29) is 11.7 Å². The van der Waals surface area contributed by atoms with Gasteiger partial charge in [0, 0.05) is 17.4 Å². The molecule has 20 heavy (non-hydrogen) atoms. The third-order valence-electron chi connectivity index (χ3n) is 2.88. The molecule has 0 unspecified atom stereocenters. The smallest absolute Gasteiger partial charge is 0.238 e. The molecule has 0 aliphatic heterocycles. The van der Waals surface area contributed by atoms with Gasteiger partial charge in [-0.3, -0.25) is 9.82 Å². The van der Waals surface area contributed by atoms with Crippen molar-refractivity contribution in [2.75, 3.05) is 10.5 Å². The molecule has 2 rings (SSSR count). The summed E-state index contributed by atoms with van der Waals surface area (Å²) in [6.45, 7) is 3.99. The summed E-state index contributed by atoms with van der Waals surface area (Å²) < 4.78 is 26.6. The number of hydrogen-bond acceptors (Lipinski definition) is 4. The standard InChI is InChI=1S/C13H18N4O2S/c1-9(2)12-7-13(16-15-12)17-20(18,19)8-10-5-3-4-6-11(10)14/h3-7,9H,8,14H2,1-2H3,(H2,15,16,17). The molecule has 0 fully saturated rings. The van der Waals surface area contributed by atoms with Crippen molar-refractivity contribution in [2.24, 2.45) is 0 Å². The summed E-state index contributed by atoms with van der Waals surface area (Å²) in [6, 6.07) is 8.58. The lowest BCUT2D eigenvalue weighted by Gasteiger charge is -2.07. The topological polar surface area (TPSA) is 101 Å². The van der Waals surface area contributed by atoms with Crippen LogP contribution in [0.4, 0.5) is 11.5 Å². The number of rotatable bonds is 5. The Hall–Kier alpha value is -2.02. The molecule has 0 spiro atoms. The molecule has 108 valence electrons. The average molecular weight is 294 g/mol. The van der Waals surface area contributed by atoms with Crippen LogP contribution in [0.15, 0.2) is 30.3 Å². The maximum absolute atomic E-state index is 12.1. The molecule has 1 heterocycles. The van der Waals surface area contributed by atoms with E-state index in [4.69, 9.17) is 5.73 Å². The van der Waals surface area contributed by atoms with Crippen LogP contribution in [0.3, 0.4) is 0 Å². The summed E-state index contributed by atoms with van der Waals surface area (Å²) in [7, 11) is -3.54. The summed E-state index contributed by atoms with van der Waals surface area (Å²) in [5.74, 6) is 0.373. The molecule has 2 aromatic rings. The Morgan fingerprint density at radius 3 is 2.65 bits per heavy atom. The molecule has 4 N–H and O–H groups in total. The lowest BCUT2D eigenvalue weighted by molar-refractivity contribution is 0.600. The van der Waals surface area contributed by atoms with Crippen molar-refractivity contribution in [3.05, 3.63) is 41.6 Å². The lowest BCUT2D eigenvalue weighted by atomic mass is 10.1. The van der Waals surface area contributed by atoms with Crippen molar-refractivity contribution in [3.63, 3.8) is 0 Å². The van der Waals surface area contributed by atoms with Crippen LogP contribution in [0.1, 0.15) is 31.0 Å².